The Balaban J connectivity index is 2.07. The summed E-state index contributed by atoms with van der Waals surface area (Å²) in [5.41, 5.74) is 0.942. The van der Waals surface area contributed by atoms with Gasteiger partial charge in [0.1, 0.15) is 11.5 Å². The summed E-state index contributed by atoms with van der Waals surface area (Å²) < 4.78 is 36.8. The van der Waals surface area contributed by atoms with Gasteiger partial charge >= 0.3 is 0 Å². The molecule has 0 aliphatic carbocycles. The molecule has 1 aromatic rings. The van der Waals surface area contributed by atoms with Crippen molar-refractivity contribution in [3.63, 3.8) is 0 Å². The summed E-state index contributed by atoms with van der Waals surface area (Å²) in [7, 11) is 0.136. The fraction of sp³-hybridized carbons (Fsp3) is 0.625. The molecule has 1 saturated heterocycles. The van der Waals surface area contributed by atoms with Crippen molar-refractivity contribution >= 4 is 15.7 Å². The lowest BCUT2D eigenvalue weighted by Crippen LogP contribution is -2.49. The van der Waals surface area contributed by atoms with Crippen LogP contribution >= 0.6 is 0 Å². The minimum Gasteiger partial charge on any atom is -0.497 e. The van der Waals surface area contributed by atoms with Crippen LogP contribution in [0.15, 0.2) is 18.2 Å². The molecule has 0 amide bonds. The van der Waals surface area contributed by atoms with Crippen LogP contribution in [0.2, 0.25) is 0 Å². The van der Waals surface area contributed by atoms with E-state index in [4.69, 9.17) is 9.47 Å². The average Bonchev–Trinajstić information content (AvgIpc) is 2.59. The van der Waals surface area contributed by atoms with E-state index in [-0.39, 0.29) is 5.75 Å². The maximum absolute atomic E-state index is 12.3. The Hall–Kier alpha value is -1.47. The van der Waals surface area contributed by atoms with Crippen LogP contribution in [0, 0.1) is 0 Å². The molecular formula is C16H26N2O4S. The Morgan fingerprint density at radius 1 is 1.09 bits per heavy atom. The number of benzene rings is 1. The lowest BCUT2D eigenvalue weighted by atomic mass is 10.2. The molecular weight excluding hydrogens is 316 g/mol. The fourth-order valence-electron chi connectivity index (χ4n) is 2.71. The number of rotatable bonds is 7. The molecule has 0 unspecified atom stereocenters. The largest absolute Gasteiger partial charge is 0.497 e. The lowest BCUT2D eigenvalue weighted by Gasteiger charge is -2.36. The van der Waals surface area contributed by atoms with Gasteiger partial charge in [-0.3, -0.25) is 0 Å². The van der Waals surface area contributed by atoms with E-state index in [0.29, 0.717) is 32.6 Å². The molecule has 1 fully saturated rings. The van der Waals surface area contributed by atoms with Crippen molar-refractivity contribution in [3.05, 3.63) is 18.2 Å². The summed E-state index contributed by atoms with van der Waals surface area (Å²) in [6, 6.07) is 5.66. The van der Waals surface area contributed by atoms with Gasteiger partial charge in [-0.15, -0.1) is 0 Å². The molecule has 1 aliphatic rings. The summed E-state index contributed by atoms with van der Waals surface area (Å²) in [4.78, 5) is 2.15. The maximum atomic E-state index is 12.3. The van der Waals surface area contributed by atoms with Crippen molar-refractivity contribution in [3.8, 4) is 11.5 Å². The van der Waals surface area contributed by atoms with E-state index in [1.165, 1.54) is 0 Å². The van der Waals surface area contributed by atoms with Crippen LogP contribution in [0.5, 0.6) is 11.5 Å². The van der Waals surface area contributed by atoms with Gasteiger partial charge in [0.25, 0.3) is 0 Å². The Morgan fingerprint density at radius 3 is 2.35 bits per heavy atom. The number of hydrogen-bond donors (Lipinski definition) is 0. The second-order valence-corrected chi connectivity index (χ2v) is 7.68. The average molecular weight is 342 g/mol. The van der Waals surface area contributed by atoms with Crippen LogP contribution in [0.4, 0.5) is 5.69 Å². The van der Waals surface area contributed by atoms with Crippen molar-refractivity contribution in [2.45, 2.75) is 19.8 Å². The normalized spacial score (nSPS) is 16.4. The van der Waals surface area contributed by atoms with Gasteiger partial charge in [0.2, 0.25) is 10.0 Å². The molecule has 0 atom stereocenters. The van der Waals surface area contributed by atoms with Crippen LogP contribution in [-0.4, -0.2) is 58.9 Å². The van der Waals surface area contributed by atoms with Gasteiger partial charge in [-0.1, -0.05) is 13.3 Å². The predicted octanol–water partition coefficient (Wildman–Crippen LogP) is 1.96. The molecule has 0 bridgehead atoms. The third-order valence-corrected chi connectivity index (χ3v) is 6.07. The van der Waals surface area contributed by atoms with E-state index >= 15 is 0 Å². The highest BCUT2D eigenvalue weighted by atomic mass is 32.2. The van der Waals surface area contributed by atoms with Gasteiger partial charge in [-0.25, -0.2) is 8.42 Å². The smallest absolute Gasteiger partial charge is 0.214 e. The molecule has 2 rings (SSSR count). The first-order valence-electron chi connectivity index (χ1n) is 7.96. The van der Waals surface area contributed by atoms with E-state index < -0.39 is 10.0 Å². The van der Waals surface area contributed by atoms with Crippen LogP contribution < -0.4 is 14.4 Å². The molecule has 0 aromatic heterocycles. The Morgan fingerprint density at radius 2 is 1.78 bits per heavy atom. The van der Waals surface area contributed by atoms with E-state index in [0.717, 1.165) is 23.6 Å². The molecule has 0 saturated carbocycles. The van der Waals surface area contributed by atoms with E-state index in [1.54, 1.807) is 18.5 Å². The monoisotopic (exact) mass is 342 g/mol. The molecule has 1 heterocycles. The Bertz CT molecular complexity index is 611. The van der Waals surface area contributed by atoms with E-state index in [2.05, 4.69) is 4.90 Å². The minimum absolute atomic E-state index is 0.242. The minimum atomic E-state index is -3.13. The zero-order valence-corrected chi connectivity index (χ0v) is 14.9. The Kier molecular flexibility index (Phi) is 6.12. The van der Waals surface area contributed by atoms with Crippen LogP contribution in [0.25, 0.3) is 0 Å². The molecule has 0 radical (unpaired) electrons. The molecule has 23 heavy (non-hydrogen) atoms. The fourth-order valence-corrected chi connectivity index (χ4v) is 4.34. The number of unbranched alkanes of at least 4 members (excludes halogenated alkanes) is 1. The number of hydrogen-bond acceptors (Lipinski definition) is 5. The van der Waals surface area contributed by atoms with Crippen molar-refractivity contribution in [2.75, 3.05) is 51.1 Å². The molecule has 130 valence electrons. The molecule has 0 spiro atoms. The first kappa shape index (κ1) is 17.9. The van der Waals surface area contributed by atoms with Crippen molar-refractivity contribution in [2.24, 2.45) is 0 Å². The van der Waals surface area contributed by atoms with Crippen LogP contribution in [0.3, 0.4) is 0 Å². The van der Waals surface area contributed by atoms with Gasteiger partial charge in [0.15, 0.2) is 0 Å². The molecule has 1 aliphatic heterocycles. The molecule has 6 nitrogen and oxygen atoms in total. The summed E-state index contributed by atoms with van der Waals surface area (Å²) >= 11 is 0. The first-order chi connectivity index (χ1) is 11.0. The van der Waals surface area contributed by atoms with Gasteiger partial charge in [0.05, 0.1) is 25.7 Å². The second kappa shape index (κ2) is 7.88. The number of ether oxygens (including phenoxy) is 2. The van der Waals surface area contributed by atoms with E-state index in [1.807, 2.05) is 25.1 Å². The number of sulfonamides is 1. The summed E-state index contributed by atoms with van der Waals surface area (Å²) in [5, 5.41) is 0. The molecule has 0 N–H and O–H groups in total. The summed E-state index contributed by atoms with van der Waals surface area (Å²) in [5.74, 6) is 1.78. The number of nitrogens with zero attached hydrogens (tertiary/aromatic N) is 2. The summed E-state index contributed by atoms with van der Waals surface area (Å²) in [6.45, 7) is 4.31. The molecule has 1 aromatic carbocycles. The summed E-state index contributed by atoms with van der Waals surface area (Å²) in [6.07, 6.45) is 1.60. The highest BCUT2D eigenvalue weighted by Crippen LogP contribution is 2.33. The number of anilines is 1. The highest BCUT2D eigenvalue weighted by molar-refractivity contribution is 7.89. The topological polar surface area (TPSA) is 59.1 Å². The van der Waals surface area contributed by atoms with Gasteiger partial charge in [0, 0.05) is 32.2 Å². The van der Waals surface area contributed by atoms with Crippen molar-refractivity contribution in [1.29, 1.82) is 0 Å². The van der Waals surface area contributed by atoms with Gasteiger partial charge < -0.3 is 14.4 Å². The van der Waals surface area contributed by atoms with Gasteiger partial charge in [-0.2, -0.15) is 4.31 Å². The zero-order chi connectivity index (χ0) is 16.9. The third kappa shape index (κ3) is 4.29. The Labute approximate surface area is 139 Å². The third-order valence-electron chi connectivity index (χ3n) is 4.11. The zero-order valence-electron chi connectivity index (χ0n) is 14.1. The maximum Gasteiger partial charge on any atom is 0.214 e. The van der Waals surface area contributed by atoms with Crippen LogP contribution in [0.1, 0.15) is 19.8 Å². The van der Waals surface area contributed by atoms with Crippen LogP contribution in [-0.2, 0) is 10.0 Å². The molecule has 7 heteroatoms. The van der Waals surface area contributed by atoms with E-state index in [9.17, 15) is 8.42 Å². The van der Waals surface area contributed by atoms with Crippen molar-refractivity contribution < 1.29 is 17.9 Å². The first-order valence-corrected chi connectivity index (χ1v) is 9.57. The quantitative estimate of drug-likeness (QED) is 0.758. The van der Waals surface area contributed by atoms with Gasteiger partial charge in [-0.05, 0) is 18.6 Å². The SMILES string of the molecule is CCCCS(=O)(=O)N1CCN(c2cc(OC)ccc2OC)CC1. The van der Waals surface area contributed by atoms with Crippen molar-refractivity contribution in [1.82, 2.24) is 4.31 Å². The lowest BCUT2D eigenvalue weighted by molar-refractivity contribution is 0.375. The highest BCUT2D eigenvalue weighted by Gasteiger charge is 2.27. The standard InChI is InChI=1S/C16H26N2O4S/c1-4-5-12-23(19,20)18-10-8-17(9-11-18)15-13-14(21-2)6-7-16(15)22-3/h6-7,13H,4-5,8-12H2,1-3H3. The number of methoxy groups -OCH3 is 2. The number of piperazine rings is 1. The second-order valence-electron chi connectivity index (χ2n) is 5.59. The predicted molar refractivity (Wildman–Crippen MR) is 92.0 cm³/mol.